The number of nitrogens with zero attached hydrogens (tertiary/aromatic N) is 2. The molecule has 0 aromatic carbocycles. The van der Waals surface area contributed by atoms with E-state index in [9.17, 15) is 19.1 Å². The lowest BCUT2D eigenvalue weighted by atomic mass is 10.2. The fourth-order valence-corrected chi connectivity index (χ4v) is 1.55. The van der Waals surface area contributed by atoms with Crippen molar-refractivity contribution < 1.29 is 19.0 Å². The second-order valence-corrected chi connectivity index (χ2v) is 5.64. The van der Waals surface area contributed by atoms with Crippen LogP contribution >= 0.6 is 0 Å². The molecule has 0 aliphatic carbocycles. The van der Waals surface area contributed by atoms with Gasteiger partial charge in [0.15, 0.2) is 0 Å². The van der Waals surface area contributed by atoms with Gasteiger partial charge in [0.1, 0.15) is 17.6 Å². The van der Waals surface area contributed by atoms with Crippen molar-refractivity contribution in [2.45, 2.75) is 12.2 Å². The van der Waals surface area contributed by atoms with Gasteiger partial charge in [-0.15, -0.1) is 0 Å². The third-order valence-corrected chi connectivity index (χ3v) is 3.75. The fourth-order valence-electron chi connectivity index (χ4n) is 1.23. The predicted molar refractivity (Wildman–Crippen MR) is 69.9 cm³/mol. The lowest BCUT2D eigenvalue weighted by Gasteiger charge is -2.10. The molecule has 0 aliphatic rings. The minimum atomic E-state index is -1.40. The van der Waals surface area contributed by atoms with E-state index >= 15 is 0 Å². The zero-order valence-electron chi connectivity index (χ0n) is 10.3. The molecule has 0 aliphatic heterocycles. The maximum atomic E-state index is 11.2. The van der Waals surface area contributed by atoms with Crippen molar-refractivity contribution in [3.05, 3.63) is 27.9 Å². The van der Waals surface area contributed by atoms with Gasteiger partial charge in [0.2, 0.25) is 0 Å². The molecule has 1 heterocycles. The Morgan fingerprint density at radius 3 is 2.79 bits per heavy atom. The van der Waals surface area contributed by atoms with Crippen molar-refractivity contribution in [2.24, 2.45) is 0 Å². The van der Waals surface area contributed by atoms with Crippen molar-refractivity contribution >= 4 is 28.3 Å². The molecule has 9 heteroatoms. The van der Waals surface area contributed by atoms with Gasteiger partial charge in [-0.05, 0) is 6.92 Å². The summed E-state index contributed by atoms with van der Waals surface area (Å²) in [6.07, 6.45) is 2.44. The molecular weight excluding hydrogens is 274 g/mol. The van der Waals surface area contributed by atoms with E-state index in [4.69, 9.17) is 5.11 Å². The van der Waals surface area contributed by atoms with Gasteiger partial charge in [0.05, 0.1) is 4.92 Å². The molecule has 1 aromatic heterocycles. The molecule has 0 saturated carbocycles. The van der Waals surface area contributed by atoms with Gasteiger partial charge in [-0.25, -0.2) is 9.78 Å². The van der Waals surface area contributed by atoms with Crippen molar-refractivity contribution in [2.75, 3.05) is 18.1 Å². The quantitative estimate of drug-likeness (QED) is 0.587. The summed E-state index contributed by atoms with van der Waals surface area (Å²) in [6.45, 7) is 2.08. The molecule has 2 unspecified atom stereocenters. The molecule has 1 aromatic rings. The highest BCUT2D eigenvalue weighted by Gasteiger charge is 2.21. The number of rotatable bonds is 6. The van der Waals surface area contributed by atoms with Gasteiger partial charge in [-0.2, -0.15) is 0 Å². The molecule has 104 valence electrons. The molecule has 0 amide bonds. The maximum absolute atomic E-state index is 11.2. The molecule has 0 spiro atoms. The average Bonchev–Trinajstić information content (AvgIpc) is 2.35. The van der Waals surface area contributed by atoms with E-state index in [-0.39, 0.29) is 11.1 Å². The van der Waals surface area contributed by atoms with E-state index < -0.39 is 32.9 Å². The van der Waals surface area contributed by atoms with E-state index in [0.717, 1.165) is 12.3 Å². The fraction of sp³-hybridized carbons (Fsp3) is 0.400. The van der Waals surface area contributed by atoms with Crippen LogP contribution in [0.4, 0.5) is 11.5 Å². The average molecular weight is 287 g/mol. The minimum absolute atomic E-state index is 0.148. The van der Waals surface area contributed by atoms with Crippen LogP contribution < -0.4 is 5.32 Å². The standard InChI is InChI=1S/C10H13N3O5S/c1-6(19(2)18)4-11-9-3-7(10(14)15)8(5-12-9)13(16)17/h3,5-6H,4H2,1-2H3,(H,11,12)(H,14,15). The zero-order valence-corrected chi connectivity index (χ0v) is 11.1. The second-order valence-electron chi connectivity index (χ2n) is 3.84. The molecule has 2 atom stereocenters. The van der Waals surface area contributed by atoms with E-state index in [2.05, 4.69) is 10.3 Å². The smallest absolute Gasteiger partial charge is 0.342 e. The SMILES string of the molecule is CC(CNc1cc(C(=O)O)c([N+](=O)[O-])cn1)S(C)=O. The largest absolute Gasteiger partial charge is 0.477 e. The summed E-state index contributed by atoms with van der Waals surface area (Å²) in [4.78, 5) is 24.5. The lowest BCUT2D eigenvalue weighted by Crippen LogP contribution is -2.21. The first-order chi connectivity index (χ1) is 8.82. The summed E-state index contributed by atoms with van der Waals surface area (Å²) in [5, 5.41) is 22.2. The number of carboxylic acids is 1. The molecule has 0 fully saturated rings. The van der Waals surface area contributed by atoms with Crippen LogP contribution in [0.5, 0.6) is 0 Å². The highest BCUT2D eigenvalue weighted by atomic mass is 32.2. The number of anilines is 1. The highest BCUT2D eigenvalue weighted by molar-refractivity contribution is 7.84. The van der Waals surface area contributed by atoms with Gasteiger partial charge >= 0.3 is 11.7 Å². The topological polar surface area (TPSA) is 122 Å². The van der Waals surface area contributed by atoms with Crippen LogP contribution in [0.25, 0.3) is 0 Å². The third-order valence-electron chi connectivity index (χ3n) is 2.45. The number of pyridine rings is 1. The van der Waals surface area contributed by atoms with Crippen LogP contribution in [0.15, 0.2) is 12.3 Å². The molecular formula is C10H13N3O5S. The van der Waals surface area contributed by atoms with Gasteiger partial charge in [-0.1, -0.05) is 0 Å². The Kier molecular flexibility index (Phi) is 4.93. The first-order valence-corrected chi connectivity index (χ1v) is 6.89. The van der Waals surface area contributed by atoms with Gasteiger partial charge in [-0.3, -0.25) is 14.3 Å². The van der Waals surface area contributed by atoms with E-state index in [1.807, 2.05) is 0 Å². The first-order valence-electron chi connectivity index (χ1n) is 5.26. The Morgan fingerprint density at radius 2 is 2.32 bits per heavy atom. The maximum Gasteiger partial charge on any atom is 0.342 e. The molecule has 0 radical (unpaired) electrons. The van der Waals surface area contributed by atoms with E-state index in [0.29, 0.717) is 6.54 Å². The Labute approximate surface area is 111 Å². The summed E-state index contributed by atoms with van der Waals surface area (Å²) in [5.74, 6) is -1.20. The van der Waals surface area contributed by atoms with E-state index in [1.165, 1.54) is 0 Å². The van der Waals surface area contributed by atoms with Crippen molar-refractivity contribution in [1.29, 1.82) is 0 Å². The number of hydrogen-bond donors (Lipinski definition) is 2. The van der Waals surface area contributed by atoms with Crippen LogP contribution in [0, 0.1) is 10.1 Å². The number of hydrogen-bond acceptors (Lipinski definition) is 6. The van der Waals surface area contributed by atoms with Gasteiger partial charge in [0.25, 0.3) is 0 Å². The summed E-state index contributed by atoms with van der Waals surface area (Å²) >= 11 is 0. The van der Waals surface area contributed by atoms with Crippen LogP contribution in [-0.2, 0) is 10.8 Å². The molecule has 1 rings (SSSR count). The van der Waals surface area contributed by atoms with E-state index in [1.54, 1.807) is 13.2 Å². The number of nitro groups is 1. The summed E-state index contributed by atoms with van der Waals surface area (Å²) in [5.41, 5.74) is -1.00. The molecule has 8 nitrogen and oxygen atoms in total. The Balaban J connectivity index is 2.93. The number of nitrogens with one attached hydrogen (secondary N) is 1. The zero-order chi connectivity index (χ0) is 14.6. The predicted octanol–water partition coefficient (Wildman–Crippen LogP) is 0.867. The van der Waals surface area contributed by atoms with Crippen LogP contribution in [0.3, 0.4) is 0 Å². The number of aromatic carboxylic acids is 1. The van der Waals surface area contributed by atoms with Crippen LogP contribution in [0.1, 0.15) is 17.3 Å². The summed E-state index contributed by atoms with van der Waals surface area (Å²) in [7, 11) is -1.02. The third kappa shape index (κ3) is 3.98. The first kappa shape index (κ1) is 15.0. The van der Waals surface area contributed by atoms with Crippen LogP contribution in [0.2, 0.25) is 0 Å². The lowest BCUT2D eigenvalue weighted by molar-refractivity contribution is -0.385. The summed E-state index contributed by atoms with van der Waals surface area (Å²) < 4.78 is 11.2. The van der Waals surface area contributed by atoms with Crippen molar-refractivity contribution in [1.82, 2.24) is 4.98 Å². The normalized spacial score (nSPS) is 13.6. The van der Waals surface area contributed by atoms with Gasteiger partial charge < -0.3 is 10.4 Å². The molecule has 2 N–H and O–H groups in total. The molecule has 0 bridgehead atoms. The Bertz CT molecular complexity index is 534. The minimum Gasteiger partial charge on any atom is -0.477 e. The summed E-state index contributed by atoms with van der Waals surface area (Å²) in [6, 6.07) is 1.09. The highest BCUT2D eigenvalue weighted by Crippen LogP contribution is 2.20. The Hall–Kier alpha value is -2.03. The number of carboxylic acid groups (broad SMARTS) is 1. The second kappa shape index (κ2) is 6.23. The molecule has 0 saturated heterocycles. The van der Waals surface area contributed by atoms with Crippen molar-refractivity contribution in [3.8, 4) is 0 Å². The number of carbonyl (C=O) groups is 1. The monoisotopic (exact) mass is 287 g/mol. The number of aromatic nitrogens is 1. The molecule has 19 heavy (non-hydrogen) atoms. The van der Waals surface area contributed by atoms with Gasteiger partial charge in [0, 0.05) is 34.9 Å². The van der Waals surface area contributed by atoms with Crippen LogP contribution in [-0.4, -0.2) is 43.2 Å². The Morgan fingerprint density at radius 1 is 1.68 bits per heavy atom. The van der Waals surface area contributed by atoms with Crippen molar-refractivity contribution in [3.63, 3.8) is 0 Å².